The van der Waals surface area contributed by atoms with Crippen LogP contribution in [0.5, 0.6) is 0 Å². The summed E-state index contributed by atoms with van der Waals surface area (Å²) in [6, 6.07) is 4.27. The molecule has 1 fully saturated rings. The van der Waals surface area contributed by atoms with Crippen molar-refractivity contribution >= 4 is 11.3 Å². The second-order valence-corrected chi connectivity index (χ2v) is 6.04. The molecule has 96 valence electrons. The Labute approximate surface area is 108 Å². The van der Waals surface area contributed by atoms with Crippen LogP contribution in [0, 0.1) is 5.92 Å². The van der Waals surface area contributed by atoms with Gasteiger partial charge in [-0.3, -0.25) is 0 Å². The third-order valence-electron chi connectivity index (χ3n) is 3.47. The molecule has 0 amide bonds. The van der Waals surface area contributed by atoms with Crippen LogP contribution in [0.2, 0.25) is 0 Å². The van der Waals surface area contributed by atoms with Gasteiger partial charge in [0.25, 0.3) is 0 Å². The maximum atomic E-state index is 5.89. The Morgan fingerprint density at radius 3 is 2.88 bits per heavy atom. The number of hydrogen-bond acceptors (Lipinski definition) is 3. The lowest BCUT2D eigenvalue weighted by Gasteiger charge is -2.26. The highest BCUT2D eigenvalue weighted by Gasteiger charge is 2.17. The van der Waals surface area contributed by atoms with Crippen LogP contribution in [0.1, 0.15) is 37.5 Å². The first-order chi connectivity index (χ1) is 8.34. The Morgan fingerprint density at radius 2 is 2.18 bits per heavy atom. The highest BCUT2D eigenvalue weighted by molar-refractivity contribution is 7.09. The largest absolute Gasteiger partial charge is 0.377 e. The van der Waals surface area contributed by atoms with Crippen LogP contribution in [-0.2, 0) is 11.3 Å². The minimum atomic E-state index is 0.523. The fourth-order valence-electron chi connectivity index (χ4n) is 2.32. The third kappa shape index (κ3) is 4.78. The molecule has 1 heterocycles. The van der Waals surface area contributed by atoms with Gasteiger partial charge in [-0.2, -0.15) is 0 Å². The van der Waals surface area contributed by atoms with Gasteiger partial charge in [-0.05, 0) is 43.0 Å². The summed E-state index contributed by atoms with van der Waals surface area (Å²) in [5, 5.41) is 5.54. The van der Waals surface area contributed by atoms with Gasteiger partial charge < -0.3 is 10.1 Å². The first-order valence-electron chi connectivity index (χ1n) is 6.69. The average Bonchev–Trinajstić information content (AvgIpc) is 2.84. The summed E-state index contributed by atoms with van der Waals surface area (Å²) in [4.78, 5) is 1.40. The second-order valence-electron chi connectivity index (χ2n) is 5.01. The van der Waals surface area contributed by atoms with E-state index in [1.165, 1.54) is 30.6 Å². The third-order valence-corrected chi connectivity index (χ3v) is 4.35. The molecule has 1 N–H and O–H groups in total. The minimum absolute atomic E-state index is 0.523. The Balaban J connectivity index is 1.49. The smallest absolute Gasteiger partial charge is 0.0594 e. The first-order valence-corrected chi connectivity index (χ1v) is 7.57. The van der Waals surface area contributed by atoms with Gasteiger partial charge in [-0.25, -0.2) is 0 Å². The van der Waals surface area contributed by atoms with Gasteiger partial charge in [0.15, 0.2) is 0 Å². The van der Waals surface area contributed by atoms with Gasteiger partial charge in [0.05, 0.1) is 12.7 Å². The van der Waals surface area contributed by atoms with Crippen molar-refractivity contribution in [3.8, 4) is 0 Å². The normalized spacial score (nSPS) is 25.0. The molecule has 0 aliphatic heterocycles. The fraction of sp³-hybridized carbons (Fsp3) is 0.714. The van der Waals surface area contributed by atoms with Gasteiger partial charge in [-0.15, -0.1) is 11.3 Å². The molecular weight excluding hydrogens is 230 g/mol. The van der Waals surface area contributed by atoms with E-state index in [0.29, 0.717) is 6.10 Å². The quantitative estimate of drug-likeness (QED) is 0.784. The summed E-state index contributed by atoms with van der Waals surface area (Å²) in [5.74, 6) is 0.909. The lowest BCUT2D eigenvalue weighted by atomic mass is 9.89. The van der Waals surface area contributed by atoms with Crippen LogP contribution >= 0.6 is 11.3 Å². The predicted molar refractivity (Wildman–Crippen MR) is 73.4 cm³/mol. The maximum Gasteiger partial charge on any atom is 0.0594 e. The molecule has 1 saturated carbocycles. The van der Waals surface area contributed by atoms with E-state index in [1.54, 1.807) is 11.3 Å². The maximum absolute atomic E-state index is 5.89. The Bertz CT molecular complexity index is 291. The van der Waals surface area contributed by atoms with E-state index in [-0.39, 0.29) is 0 Å². The molecule has 2 nitrogen and oxygen atoms in total. The van der Waals surface area contributed by atoms with Crippen LogP contribution in [0.15, 0.2) is 17.5 Å². The van der Waals surface area contributed by atoms with Gasteiger partial charge >= 0.3 is 0 Å². The summed E-state index contributed by atoms with van der Waals surface area (Å²) in [6.07, 6.45) is 5.72. The van der Waals surface area contributed by atoms with E-state index < -0.39 is 0 Å². The van der Waals surface area contributed by atoms with Crippen LogP contribution in [0.4, 0.5) is 0 Å². The molecule has 0 atom stereocenters. The molecule has 3 heteroatoms. The number of rotatable bonds is 6. The van der Waals surface area contributed by atoms with Crippen molar-refractivity contribution in [1.29, 1.82) is 0 Å². The van der Waals surface area contributed by atoms with Crippen LogP contribution < -0.4 is 5.32 Å². The lowest BCUT2D eigenvalue weighted by Crippen LogP contribution is -2.25. The summed E-state index contributed by atoms with van der Waals surface area (Å²) < 4.78 is 5.89. The first kappa shape index (κ1) is 13.1. The molecule has 0 bridgehead atoms. The highest BCUT2D eigenvalue weighted by atomic mass is 32.1. The topological polar surface area (TPSA) is 21.3 Å². The van der Waals surface area contributed by atoms with E-state index >= 15 is 0 Å². The van der Waals surface area contributed by atoms with Gasteiger partial charge in [0.2, 0.25) is 0 Å². The fourth-order valence-corrected chi connectivity index (χ4v) is 2.99. The lowest BCUT2D eigenvalue weighted by molar-refractivity contribution is 0.0216. The van der Waals surface area contributed by atoms with Crippen molar-refractivity contribution in [2.45, 2.75) is 45.3 Å². The molecule has 0 spiro atoms. The molecule has 0 saturated heterocycles. The van der Waals surface area contributed by atoms with Crippen molar-refractivity contribution in [2.24, 2.45) is 5.92 Å². The number of thiophene rings is 1. The van der Waals surface area contributed by atoms with E-state index in [1.807, 2.05) is 0 Å². The summed E-state index contributed by atoms with van der Waals surface area (Å²) in [6.45, 7) is 5.13. The molecule has 0 aromatic carbocycles. The molecule has 0 unspecified atom stereocenters. The minimum Gasteiger partial charge on any atom is -0.377 e. The van der Waals surface area contributed by atoms with Gasteiger partial charge in [0, 0.05) is 18.0 Å². The number of hydrogen-bond donors (Lipinski definition) is 1. The predicted octanol–water partition coefficient (Wildman–Crippen LogP) is 3.43. The SMILES string of the molecule is CC1CCC(OCCNCc2cccs2)CC1. The van der Waals surface area contributed by atoms with Gasteiger partial charge in [-0.1, -0.05) is 13.0 Å². The average molecular weight is 253 g/mol. The zero-order valence-corrected chi connectivity index (χ0v) is 11.5. The van der Waals surface area contributed by atoms with E-state index in [2.05, 4.69) is 29.8 Å². The van der Waals surface area contributed by atoms with Crippen molar-refractivity contribution in [3.63, 3.8) is 0 Å². The van der Waals surface area contributed by atoms with Crippen LogP contribution in [0.25, 0.3) is 0 Å². The van der Waals surface area contributed by atoms with Crippen molar-refractivity contribution in [3.05, 3.63) is 22.4 Å². The summed E-state index contributed by atoms with van der Waals surface area (Å²) in [5.41, 5.74) is 0. The second kappa shape index (κ2) is 7.14. The van der Waals surface area contributed by atoms with Crippen LogP contribution in [0.3, 0.4) is 0 Å². The zero-order chi connectivity index (χ0) is 11.9. The van der Waals surface area contributed by atoms with E-state index in [0.717, 1.165) is 25.6 Å². The van der Waals surface area contributed by atoms with Crippen molar-refractivity contribution in [1.82, 2.24) is 5.32 Å². The van der Waals surface area contributed by atoms with Crippen molar-refractivity contribution in [2.75, 3.05) is 13.2 Å². The van der Waals surface area contributed by atoms with Crippen molar-refractivity contribution < 1.29 is 4.74 Å². The highest BCUT2D eigenvalue weighted by Crippen LogP contribution is 2.25. The van der Waals surface area contributed by atoms with Crippen LogP contribution in [-0.4, -0.2) is 19.3 Å². The standard InChI is InChI=1S/C14H23NOS/c1-12-4-6-13(7-5-12)16-9-8-15-11-14-3-2-10-17-14/h2-3,10,12-13,15H,4-9,11H2,1H3. The molecular formula is C14H23NOS. The number of nitrogens with one attached hydrogen (secondary N) is 1. The van der Waals surface area contributed by atoms with E-state index in [9.17, 15) is 0 Å². The molecule has 1 aromatic rings. The molecule has 1 aliphatic carbocycles. The molecule has 1 aliphatic rings. The summed E-state index contributed by atoms with van der Waals surface area (Å²) >= 11 is 1.81. The zero-order valence-electron chi connectivity index (χ0n) is 10.7. The Hall–Kier alpha value is -0.380. The summed E-state index contributed by atoms with van der Waals surface area (Å²) in [7, 11) is 0. The molecule has 2 rings (SSSR count). The monoisotopic (exact) mass is 253 g/mol. The molecule has 1 aromatic heterocycles. The Morgan fingerprint density at radius 1 is 1.35 bits per heavy atom. The number of ether oxygens (including phenoxy) is 1. The van der Waals surface area contributed by atoms with E-state index in [4.69, 9.17) is 4.74 Å². The molecule has 17 heavy (non-hydrogen) atoms. The van der Waals surface area contributed by atoms with Gasteiger partial charge in [0.1, 0.15) is 0 Å². The molecule has 0 radical (unpaired) electrons. The Kier molecular flexibility index (Phi) is 5.49.